The molecule has 1 N–H and O–H groups in total. The summed E-state index contributed by atoms with van der Waals surface area (Å²) in [4.78, 5) is 34.5. The highest BCUT2D eigenvalue weighted by molar-refractivity contribution is 7.09. The van der Waals surface area contributed by atoms with Gasteiger partial charge in [-0.2, -0.15) is 0 Å². The molecule has 8 heteroatoms. The molecule has 0 spiro atoms. The number of aromatic amines is 1. The van der Waals surface area contributed by atoms with Crippen molar-refractivity contribution in [2.45, 2.75) is 25.8 Å². The van der Waals surface area contributed by atoms with Crippen molar-refractivity contribution in [3.8, 4) is 0 Å². The van der Waals surface area contributed by atoms with Crippen molar-refractivity contribution in [3.63, 3.8) is 0 Å². The molecule has 5 nitrogen and oxygen atoms in total. The lowest BCUT2D eigenvalue weighted by atomic mass is 10.1. The topological polar surface area (TPSA) is 66.1 Å². The number of nitrogens with one attached hydrogen (secondary N) is 1. The summed E-state index contributed by atoms with van der Waals surface area (Å²) in [6.07, 6.45) is 0.938. The van der Waals surface area contributed by atoms with Gasteiger partial charge in [0.1, 0.15) is 17.5 Å². The molecule has 158 valence electrons. The second-order valence-corrected chi connectivity index (χ2v) is 8.07. The quantitative estimate of drug-likeness (QED) is 0.449. The van der Waals surface area contributed by atoms with Gasteiger partial charge in [0.05, 0.1) is 23.1 Å². The van der Waals surface area contributed by atoms with Crippen LogP contribution in [0.1, 0.15) is 23.5 Å². The molecular weight excluding hydrogens is 420 g/mol. The van der Waals surface area contributed by atoms with E-state index >= 15 is 0 Å². The van der Waals surface area contributed by atoms with E-state index in [-0.39, 0.29) is 30.1 Å². The number of amides is 1. The molecule has 0 aliphatic carbocycles. The first kappa shape index (κ1) is 20.9. The fourth-order valence-electron chi connectivity index (χ4n) is 3.36. The lowest BCUT2D eigenvalue weighted by Gasteiger charge is -2.23. The van der Waals surface area contributed by atoms with Crippen LogP contribution in [0.2, 0.25) is 0 Å². The lowest BCUT2D eigenvalue weighted by molar-refractivity contribution is -0.118. The molecule has 0 saturated carbocycles. The van der Waals surface area contributed by atoms with Gasteiger partial charge in [-0.15, -0.1) is 11.3 Å². The Labute approximate surface area is 181 Å². The fraction of sp³-hybridized carbons (Fsp3) is 0.174. The molecule has 0 radical (unpaired) electrons. The number of carbonyl (C=O) groups excluding carboxylic acids is 1. The molecule has 0 unspecified atom stereocenters. The second kappa shape index (κ2) is 9.18. The molecular formula is C23H19F2N3O2S. The first-order chi connectivity index (χ1) is 15.0. The summed E-state index contributed by atoms with van der Waals surface area (Å²) in [5.41, 5.74) is 0.414. The molecule has 4 rings (SSSR count). The largest absolute Gasteiger partial charge is 0.310 e. The highest BCUT2D eigenvalue weighted by Crippen LogP contribution is 2.25. The van der Waals surface area contributed by atoms with Crippen molar-refractivity contribution < 1.29 is 13.6 Å². The number of hydrogen-bond acceptors (Lipinski definition) is 4. The van der Waals surface area contributed by atoms with Gasteiger partial charge in [-0.3, -0.25) is 9.59 Å². The van der Waals surface area contributed by atoms with Gasteiger partial charge in [0.2, 0.25) is 5.91 Å². The lowest BCUT2D eigenvalue weighted by Crippen LogP contribution is -2.31. The monoisotopic (exact) mass is 439 g/mol. The van der Waals surface area contributed by atoms with E-state index in [1.54, 1.807) is 18.2 Å². The van der Waals surface area contributed by atoms with Crippen LogP contribution in [-0.4, -0.2) is 15.9 Å². The number of anilines is 1. The zero-order chi connectivity index (χ0) is 21.8. The number of benzene rings is 2. The van der Waals surface area contributed by atoms with Crippen LogP contribution in [0.3, 0.4) is 0 Å². The van der Waals surface area contributed by atoms with E-state index in [9.17, 15) is 18.4 Å². The molecule has 2 aromatic carbocycles. The number of H-pyrrole nitrogens is 1. The fourth-order valence-corrected chi connectivity index (χ4v) is 4.05. The smallest absolute Gasteiger partial charge is 0.258 e. The second-order valence-electron chi connectivity index (χ2n) is 7.04. The van der Waals surface area contributed by atoms with E-state index in [2.05, 4.69) is 9.97 Å². The molecule has 4 aromatic rings. The molecule has 0 saturated heterocycles. The third-order valence-electron chi connectivity index (χ3n) is 4.86. The first-order valence-electron chi connectivity index (χ1n) is 9.77. The van der Waals surface area contributed by atoms with Gasteiger partial charge in [0.15, 0.2) is 0 Å². The van der Waals surface area contributed by atoms with Crippen LogP contribution in [0.25, 0.3) is 10.9 Å². The number of carbonyl (C=O) groups is 1. The van der Waals surface area contributed by atoms with Crippen molar-refractivity contribution in [2.24, 2.45) is 0 Å². The highest BCUT2D eigenvalue weighted by atomic mass is 32.1. The van der Waals surface area contributed by atoms with Crippen LogP contribution < -0.4 is 10.5 Å². The van der Waals surface area contributed by atoms with E-state index in [0.29, 0.717) is 29.6 Å². The maximum Gasteiger partial charge on any atom is 0.258 e. The molecule has 1 amide bonds. The summed E-state index contributed by atoms with van der Waals surface area (Å²) in [7, 11) is 0. The van der Waals surface area contributed by atoms with Gasteiger partial charge in [-0.25, -0.2) is 13.8 Å². The third kappa shape index (κ3) is 4.86. The molecule has 0 aliphatic heterocycles. The normalized spacial score (nSPS) is 11.0. The minimum Gasteiger partial charge on any atom is -0.310 e. The Kier molecular flexibility index (Phi) is 6.18. The van der Waals surface area contributed by atoms with E-state index in [1.165, 1.54) is 22.3 Å². The zero-order valence-corrected chi connectivity index (χ0v) is 17.3. The Hall–Kier alpha value is -3.39. The van der Waals surface area contributed by atoms with Crippen LogP contribution in [-0.2, 0) is 17.8 Å². The van der Waals surface area contributed by atoms with Crippen LogP contribution in [0.5, 0.6) is 0 Å². The summed E-state index contributed by atoms with van der Waals surface area (Å²) >= 11 is 1.46. The number of para-hydroxylation sites is 1. The summed E-state index contributed by atoms with van der Waals surface area (Å²) in [5.74, 6) is -1.28. The summed E-state index contributed by atoms with van der Waals surface area (Å²) in [5, 5.41) is 2.39. The van der Waals surface area contributed by atoms with E-state index in [1.807, 2.05) is 23.6 Å². The number of rotatable bonds is 7. The average Bonchev–Trinajstić information content (AvgIpc) is 3.26. The Morgan fingerprint density at radius 2 is 1.94 bits per heavy atom. The number of fused-ring (bicyclic) bond motifs is 1. The molecule has 0 aliphatic rings. The predicted octanol–water partition coefficient (Wildman–Crippen LogP) is 4.82. The number of nitrogens with zero attached hydrogens (tertiary/aromatic N) is 2. The van der Waals surface area contributed by atoms with Gasteiger partial charge in [-0.05, 0) is 42.1 Å². The van der Waals surface area contributed by atoms with Gasteiger partial charge < -0.3 is 9.88 Å². The number of hydrogen-bond donors (Lipinski definition) is 1. The maximum absolute atomic E-state index is 14.4. The highest BCUT2D eigenvalue weighted by Gasteiger charge is 2.20. The van der Waals surface area contributed by atoms with Crippen LogP contribution in [0, 0.1) is 11.6 Å². The Balaban J connectivity index is 1.49. The third-order valence-corrected chi connectivity index (χ3v) is 5.72. The standard InChI is InChI=1S/C23H19F2N3O2S/c24-15-10-11-20(18(25)13-15)28(14-16-5-4-12-31-16)22(29)9-3-8-21-26-19-7-2-1-6-17(19)23(30)27-21/h1-2,4-7,10-13H,3,8-9,14H2,(H,26,27,30). The minimum atomic E-state index is -0.787. The van der Waals surface area contributed by atoms with Crippen molar-refractivity contribution in [3.05, 3.63) is 92.7 Å². The van der Waals surface area contributed by atoms with Crippen LogP contribution in [0.15, 0.2) is 64.8 Å². The predicted molar refractivity (Wildman–Crippen MR) is 117 cm³/mol. The van der Waals surface area contributed by atoms with Crippen molar-refractivity contribution in [1.29, 1.82) is 0 Å². The molecule has 2 heterocycles. The van der Waals surface area contributed by atoms with Crippen molar-refractivity contribution in [1.82, 2.24) is 9.97 Å². The molecule has 31 heavy (non-hydrogen) atoms. The molecule has 0 fully saturated rings. The van der Waals surface area contributed by atoms with Crippen LogP contribution in [0.4, 0.5) is 14.5 Å². The average molecular weight is 439 g/mol. The molecule has 0 bridgehead atoms. The van der Waals surface area contributed by atoms with Gasteiger partial charge >= 0.3 is 0 Å². The van der Waals surface area contributed by atoms with E-state index in [0.717, 1.165) is 17.0 Å². The van der Waals surface area contributed by atoms with Crippen LogP contribution >= 0.6 is 11.3 Å². The number of aromatic nitrogens is 2. The van der Waals surface area contributed by atoms with Gasteiger partial charge in [0, 0.05) is 23.8 Å². The SMILES string of the molecule is O=C(CCCc1nc2ccccc2c(=O)[nH]1)N(Cc1cccs1)c1ccc(F)cc1F. The first-order valence-corrected chi connectivity index (χ1v) is 10.6. The van der Waals surface area contributed by atoms with Crippen molar-refractivity contribution in [2.75, 3.05) is 4.90 Å². The Bertz CT molecular complexity index is 1270. The maximum atomic E-state index is 14.4. The zero-order valence-electron chi connectivity index (χ0n) is 16.5. The number of aryl methyl sites for hydroxylation is 1. The molecule has 0 atom stereocenters. The van der Waals surface area contributed by atoms with Gasteiger partial charge in [-0.1, -0.05) is 18.2 Å². The van der Waals surface area contributed by atoms with E-state index < -0.39 is 11.6 Å². The summed E-state index contributed by atoms with van der Waals surface area (Å²) in [6.45, 7) is 0.199. The van der Waals surface area contributed by atoms with Gasteiger partial charge in [0.25, 0.3) is 5.56 Å². The minimum absolute atomic E-state index is 0.0389. The van der Waals surface area contributed by atoms with Crippen molar-refractivity contribution >= 4 is 33.8 Å². The number of thiophene rings is 1. The Morgan fingerprint density at radius 1 is 1.10 bits per heavy atom. The summed E-state index contributed by atoms with van der Waals surface area (Å²) in [6, 6.07) is 13.9. The van der Waals surface area contributed by atoms with E-state index in [4.69, 9.17) is 0 Å². The Morgan fingerprint density at radius 3 is 2.71 bits per heavy atom. The number of halogens is 2. The summed E-state index contributed by atoms with van der Waals surface area (Å²) < 4.78 is 27.7. The molecule has 2 aromatic heterocycles.